The number of amides is 1. The minimum Gasteiger partial charge on any atom is -0.497 e. The Labute approximate surface area is 153 Å². The average Bonchev–Trinajstić information content (AvgIpc) is 3.18. The van der Waals surface area contributed by atoms with Crippen LogP contribution in [0.3, 0.4) is 0 Å². The van der Waals surface area contributed by atoms with Gasteiger partial charge in [-0.3, -0.25) is 9.59 Å². The van der Waals surface area contributed by atoms with E-state index in [4.69, 9.17) is 9.84 Å². The van der Waals surface area contributed by atoms with Crippen LogP contribution in [0.5, 0.6) is 5.75 Å². The summed E-state index contributed by atoms with van der Waals surface area (Å²) in [6.07, 6.45) is 2.79. The molecule has 2 aromatic rings. The largest absolute Gasteiger partial charge is 0.497 e. The summed E-state index contributed by atoms with van der Waals surface area (Å²) in [5.74, 6) is -0.552. The molecule has 6 heteroatoms. The van der Waals surface area contributed by atoms with E-state index in [9.17, 15) is 9.59 Å². The zero-order valence-corrected chi connectivity index (χ0v) is 15.5. The molecule has 1 fully saturated rings. The third-order valence-corrected chi connectivity index (χ3v) is 5.32. The molecule has 2 N–H and O–H groups in total. The number of hydrogen-bond donors (Lipinski definition) is 2. The van der Waals surface area contributed by atoms with Crippen LogP contribution in [0.1, 0.15) is 48.7 Å². The van der Waals surface area contributed by atoms with Gasteiger partial charge in [0.1, 0.15) is 5.75 Å². The highest BCUT2D eigenvalue weighted by Crippen LogP contribution is 2.31. The van der Waals surface area contributed by atoms with Crippen molar-refractivity contribution in [1.29, 1.82) is 0 Å². The van der Waals surface area contributed by atoms with Gasteiger partial charge >= 0.3 is 5.97 Å². The van der Waals surface area contributed by atoms with Gasteiger partial charge in [-0.1, -0.05) is 6.92 Å². The SMILES string of the molecule is CCCn1c(C)c(C(=O)N[C@H]2CC[C@@H](C(=O)O)C2)c2cc(OC)ccc21. The number of methoxy groups -OCH3 is 1. The van der Waals surface area contributed by atoms with Crippen LogP contribution in [0, 0.1) is 12.8 Å². The number of carboxylic acid groups (broad SMARTS) is 1. The lowest BCUT2D eigenvalue weighted by Crippen LogP contribution is -2.33. The molecule has 0 saturated heterocycles. The monoisotopic (exact) mass is 358 g/mol. The molecule has 140 valence electrons. The lowest BCUT2D eigenvalue weighted by molar-refractivity contribution is -0.141. The first-order chi connectivity index (χ1) is 12.5. The summed E-state index contributed by atoms with van der Waals surface area (Å²) in [5.41, 5.74) is 2.61. The molecule has 1 amide bonds. The number of rotatable bonds is 6. The Morgan fingerprint density at radius 3 is 2.73 bits per heavy atom. The number of benzene rings is 1. The molecule has 1 aromatic carbocycles. The van der Waals surface area contributed by atoms with E-state index >= 15 is 0 Å². The number of hydrogen-bond acceptors (Lipinski definition) is 3. The van der Waals surface area contributed by atoms with Gasteiger partial charge in [0.25, 0.3) is 5.91 Å². The van der Waals surface area contributed by atoms with Gasteiger partial charge in [-0.05, 0) is 50.8 Å². The van der Waals surface area contributed by atoms with Gasteiger partial charge in [0.05, 0.1) is 18.6 Å². The molecule has 1 aromatic heterocycles. The summed E-state index contributed by atoms with van der Waals surface area (Å²) in [6, 6.07) is 5.71. The summed E-state index contributed by atoms with van der Waals surface area (Å²) >= 11 is 0. The van der Waals surface area contributed by atoms with Crippen molar-refractivity contribution < 1.29 is 19.4 Å². The van der Waals surface area contributed by atoms with Crippen molar-refractivity contribution in [2.45, 2.75) is 52.1 Å². The van der Waals surface area contributed by atoms with Crippen LogP contribution in [-0.2, 0) is 11.3 Å². The quantitative estimate of drug-likeness (QED) is 0.830. The van der Waals surface area contributed by atoms with Gasteiger partial charge in [-0.25, -0.2) is 0 Å². The smallest absolute Gasteiger partial charge is 0.306 e. The summed E-state index contributed by atoms with van der Waals surface area (Å²) in [6.45, 7) is 4.91. The molecular weight excluding hydrogens is 332 g/mol. The normalized spacial score (nSPS) is 19.7. The lowest BCUT2D eigenvalue weighted by Gasteiger charge is -2.13. The zero-order valence-electron chi connectivity index (χ0n) is 15.5. The fourth-order valence-electron chi connectivity index (χ4n) is 3.98. The number of fused-ring (bicyclic) bond motifs is 1. The summed E-state index contributed by atoms with van der Waals surface area (Å²) in [7, 11) is 1.61. The van der Waals surface area contributed by atoms with Gasteiger partial charge in [0.15, 0.2) is 0 Å². The molecule has 0 spiro atoms. The number of carboxylic acids is 1. The van der Waals surface area contributed by atoms with Crippen LogP contribution >= 0.6 is 0 Å². The maximum absolute atomic E-state index is 13.0. The number of nitrogens with one attached hydrogen (secondary N) is 1. The van der Waals surface area contributed by atoms with Crippen molar-refractivity contribution in [2.75, 3.05) is 7.11 Å². The first kappa shape index (κ1) is 18.3. The van der Waals surface area contributed by atoms with Crippen molar-refractivity contribution in [3.8, 4) is 5.75 Å². The number of carbonyl (C=O) groups is 2. The van der Waals surface area contributed by atoms with Crippen LogP contribution in [-0.4, -0.2) is 34.7 Å². The summed E-state index contributed by atoms with van der Waals surface area (Å²) in [4.78, 5) is 24.2. The van der Waals surface area contributed by atoms with E-state index < -0.39 is 5.97 Å². The molecule has 0 aliphatic heterocycles. The number of aromatic nitrogens is 1. The van der Waals surface area contributed by atoms with Gasteiger partial charge in [-0.2, -0.15) is 0 Å². The molecule has 1 aliphatic carbocycles. The van der Waals surface area contributed by atoms with E-state index in [0.717, 1.165) is 29.6 Å². The minimum absolute atomic E-state index is 0.0850. The Balaban J connectivity index is 1.94. The van der Waals surface area contributed by atoms with Crippen molar-refractivity contribution in [2.24, 2.45) is 5.92 Å². The molecule has 0 radical (unpaired) electrons. The first-order valence-electron chi connectivity index (χ1n) is 9.16. The Morgan fingerprint density at radius 2 is 2.12 bits per heavy atom. The molecule has 0 bridgehead atoms. The predicted molar refractivity (Wildman–Crippen MR) is 99.7 cm³/mol. The predicted octanol–water partition coefficient (Wildman–Crippen LogP) is 3.35. The van der Waals surface area contributed by atoms with E-state index in [-0.39, 0.29) is 17.9 Å². The zero-order chi connectivity index (χ0) is 18.8. The van der Waals surface area contributed by atoms with Crippen molar-refractivity contribution in [1.82, 2.24) is 9.88 Å². The third kappa shape index (κ3) is 3.28. The Bertz CT molecular complexity index is 840. The Hall–Kier alpha value is -2.50. The molecule has 1 heterocycles. The summed E-state index contributed by atoms with van der Waals surface area (Å²) < 4.78 is 7.50. The minimum atomic E-state index is -0.776. The average molecular weight is 358 g/mol. The lowest BCUT2D eigenvalue weighted by atomic mass is 10.1. The second-order valence-electron chi connectivity index (χ2n) is 7.01. The summed E-state index contributed by atoms with van der Waals surface area (Å²) in [5, 5.41) is 13.1. The molecule has 1 aliphatic rings. The molecule has 0 unspecified atom stereocenters. The second-order valence-corrected chi connectivity index (χ2v) is 7.01. The van der Waals surface area contributed by atoms with E-state index in [0.29, 0.717) is 30.6 Å². The van der Waals surface area contributed by atoms with Crippen LogP contribution in [0.2, 0.25) is 0 Å². The molecule has 26 heavy (non-hydrogen) atoms. The maximum Gasteiger partial charge on any atom is 0.306 e. The molecule has 2 atom stereocenters. The van der Waals surface area contributed by atoms with Gasteiger partial charge in [0.2, 0.25) is 0 Å². The fourth-order valence-corrected chi connectivity index (χ4v) is 3.98. The highest BCUT2D eigenvalue weighted by Gasteiger charge is 2.31. The van der Waals surface area contributed by atoms with Crippen molar-refractivity contribution in [3.63, 3.8) is 0 Å². The number of nitrogens with zero attached hydrogens (tertiary/aromatic N) is 1. The van der Waals surface area contributed by atoms with E-state index in [1.165, 1.54) is 0 Å². The van der Waals surface area contributed by atoms with Gasteiger partial charge in [-0.15, -0.1) is 0 Å². The number of ether oxygens (including phenoxy) is 1. The molecular formula is C20H26N2O4. The van der Waals surface area contributed by atoms with Crippen LogP contribution in [0.4, 0.5) is 0 Å². The Morgan fingerprint density at radius 1 is 1.35 bits per heavy atom. The number of aryl methyl sites for hydroxylation is 1. The van der Waals surface area contributed by atoms with Crippen molar-refractivity contribution in [3.05, 3.63) is 29.5 Å². The van der Waals surface area contributed by atoms with E-state index in [2.05, 4.69) is 16.8 Å². The number of aliphatic carboxylic acids is 1. The van der Waals surface area contributed by atoms with Gasteiger partial charge < -0.3 is 19.7 Å². The Kier molecular flexibility index (Phi) is 5.20. The number of carbonyl (C=O) groups excluding carboxylic acids is 1. The third-order valence-electron chi connectivity index (χ3n) is 5.32. The van der Waals surface area contributed by atoms with Crippen LogP contribution in [0.15, 0.2) is 18.2 Å². The standard InChI is InChI=1S/C20H26N2O4/c1-4-9-22-12(2)18(16-11-15(26-3)7-8-17(16)22)19(23)21-14-6-5-13(10-14)20(24)25/h7-8,11,13-14H,4-6,9-10H2,1-3H3,(H,21,23)(H,24,25)/t13-,14+/m1/s1. The highest BCUT2D eigenvalue weighted by atomic mass is 16.5. The molecule has 3 rings (SSSR count). The molecule has 1 saturated carbocycles. The van der Waals surface area contributed by atoms with E-state index in [1.807, 2.05) is 25.1 Å². The van der Waals surface area contributed by atoms with Gasteiger partial charge in [0, 0.05) is 29.2 Å². The highest BCUT2D eigenvalue weighted by molar-refractivity contribution is 6.09. The first-order valence-corrected chi connectivity index (χ1v) is 9.16. The second kappa shape index (κ2) is 7.40. The fraction of sp³-hybridized carbons (Fsp3) is 0.500. The molecule has 6 nitrogen and oxygen atoms in total. The van der Waals surface area contributed by atoms with Crippen LogP contribution in [0.25, 0.3) is 10.9 Å². The maximum atomic E-state index is 13.0. The van der Waals surface area contributed by atoms with E-state index in [1.54, 1.807) is 7.11 Å². The van der Waals surface area contributed by atoms with Crippen molar-refractivity contribution >= 4 is 22.8 Å². The topological polar surface area (TPSA) is 80.6 Å². The van der Waals surface area contributed by atoms with Crippen LogP contribution < -0.4 is 10.1 Å².